The molecule has 0 bridgehead atoms. The molecule has 188 valence electrons. The second-order valence-corrected chi connectivity index (χ2v) is 9.32. The Morgan fingerprint density at radius 1 is 1.00 bits per heavy atom. The molecular formula is C29H24BrClN2O4. The van der Waals surface area contributed by atoms with Gasteiger partial charge in [0.15, 0.2) is 17.1 Å². The molecular weight excluding hydrogens is 556 g/mol. The van der Waals surface area contributed by atoms with Crippen molar-refractivity contribution in [1.29, 1.82) is 0 Å². The Morgan fingerprint density at radius 2 is 1.59 bits per heavy atom. The van der Waals surface area contributed by atoms with Crippen molar-refractivity contribution < 1.29 is 19.4 Å². The third kappa shape index (κ3) is 6.02. The monoisotopic (exact) mass is 578 g/mol. The van der Waals surface area contributed by atoms with E-state index in [4.69, 9.17) is 21.1 Å². The van der Waals surface area contributed by atoms with Crippen LogP contribution in [0.4, 0.5) is 0 Å². The van der Waals surface area contributed by atoms with E-state index in [-0.39, 0.29) is 6.61 Å². The summed E-state index contributed by atoms with van der Waals surface area (Å²) < 4.78 is 12.1. The second kappa shape index (κ2) is 12.1. The highest BCUT2D eigenvalue weighted by Crippen LogP contribution is 2.37. The first kappa shape index (κ1) is 26.4. The van der Waals surface area contributed by atoms with Gasteiger partial charge in [0, 0.05) is 10.6 Å². The van der Waals surface area contributed by atoms with E-state index >= 15 is 0 Å². The number of carbonyl (C=O) groups is 1. The summed E-state index contributed by atoms with van der Waals surface area (Å²) in [6.45, 7) is 0.260. The van der Waals surface area contributed by atoms with Gasteiger partial charge in [0.1, 0.15) is 6.61 Å². The highest BCUT2D eigenvalue weighted by molar-refractivity contribution is 9.10. The lowest BCUT2D eigenvalue weighted by molar-refractivity contribution is -0.136. The molecule has 0 spiro atoms. The molecule has 0 aliphatic heterocycles. The van der Waals surface area contributed by atoms with Crippen LogP contribution in [0, 0.1) is 0 Å². The lowest BCUT2D eigenvalue weighted by Gasteiger charge is -2.27. The molecule has 1 amide bonds. The van der Waals surface area contributed by atoms with Crippen molar-refractivity contribution in [2.75, 3.05) is 7.11 Å². The second-order valence-electron chi connectivity index (χ2n) is 8.06. The molecule has 4 aromatic carbocycles. The summed E-state index contributed by atoms with van der Waals surface area (Å²) in [5.41, 5.74) is 2.89. The predicted octanol–water partition coefficient (Wildman–Crippen LogP) is 6.08. The Hall–Kier alpha value is -3.65. The molecule has 37 heavy (non-hydrogen) atoms. The fraction of sp³-hybridized carbons (Fsp3) is 0.103. The zero-order chi connectivity index (χ0) is 26.3. The van der Waals surface area contributed by atoms with Crippen molar-refractivity contribution in [2.45, 2.75) is 12.2 Å². The number of aliphatic hydroxyl groups is 1. The average Bonchev–Trinajstić information content (AvgIpc) is 2.93. The third-order valence-corrected chi connectivity index (χ3v) is 6.63. The van der Waals surface area contributed by atoms with Gasteiger partial charge < -0.3 is 14.6 Å². The summed E-state index contributed by atoms with van der Waals surface area (Å²) in [4.78, 5) is 13.2. The van der Waals surface area contributed by atoms with E-state index in [0.29, 0.717) is 37.7 Å². The first-order valence-electron chi connectivity index (χ1n) is 11.3. The standard InChI is InChI=1S/C29H24BrClN2O4/c1-36-26-17-20(16-24(30)27(26)37-19-21-10-8-9-15-25(21)31)18-32-33-28(34)29(35,22-11-4-2-5-12-22)23-13-6-3-7-14-23/h2-18,35H,19H2,1H3,(H,33,34)/b32-18-. The molecule has 0 saturated heterocycles. The molecule has 0 radical (unpaired) electrons. The number of rotatable bonds is 9. The van der Waals surface area contributed by atoms with Crippen LogP contribution in [0.15, 0.2) is 107 Å². The molecule has 0 aliphatic carbocycles. The summed E-state index contributed by atoms with van der Waals surface area (Å²) in [6, 6.07) is 28.4. The SMILES string of the molecule is COc1cc(/C=N\NC(=O)C(O)(c2ccccc2)c2ccccc2)cc(Br)c1OCc1ccccc1Cl. The number of hydrogen-bond acceptors (Lipinski definition) is 5. The summed E-state index contributed by atoms with van der Waals surface area (Å²) in [7, 11) is 1.53. The number of nitrogens with zero attached hydrogens (tertiary/aromatic N) is 1. The number of benzene rings is 4. The number of hydrogen-bond donors (Lipinski definition) is 2. The van der Waals surface area contributed by atoms with Gasteiger partial charge >= 0.3 is 0 Å². The lowest BCUT2D eigenvalue weighted by Crippen LogP contribution is -2.43. The highest BCUT2D eigenvalue weighted by atomic mass is 79.9. The molecule has 6 nitrogen and oxygen atoms in total. The Morgan fingerprint density at radius 3 is 2.19 bits per heavy atom. The van der Waals surface area contributed by atoms with E-state index in [2.05, 4.69) is 26.5 Å². The van der Waals surface area contributed by atoms with Gasteiger partial charge in [-0.15, -0.1) is 0 Å². The maximum atomic E-state index is 13.2. The quantitative estimate of drug-likeness (QED) is 0.186. The van der Waals surface area contributed by atoms with E-state index in [1.807, 2.05) is 30.3 Å². The number of nitrogens with one attached hydrogen (secondary N) is 1. The van der Waals surface area contributed by atoms with Crippen LogP contribution >= 0.6 is 27.5 Å². The van der Waals surface area contributed by atoms with Crippen molar-refractivity contribution in [3.05, 3.63) is 129 Å². The molecule has 0 unspecified atom stereocenters. The normalized spacial score (nSPS) is 11.4. The molecule has 0 fully saturated rings. The average molecular weight is 580 g/mol. The maximum Gasteiger partial charge on any atom is 0.281 e. The molecule has 0 aromatic heterocycles. The molecule has 0 saturated carbocycles. The molecule has 0 aliphatic rings. The third-order valence-electron chi connectivity index (χ3n) is 5.67. The van der Waals surface area contributed by atoms with Gasteiger partial charge in [-0.1, -0.05) is 90.5 Å². The zero-order valence-electron chi connectivity index (χ0n) is 19.9. The van der Waals surface area contributed by atoms with Crippen LogP contribution in [0.3, 0.4) is 0 Å². The smallest absolute Gasteiger partial charge is 0.281 e. The van der Waals surface area contributed by atoms with Crippen molar-refractivity contribution in [2.24, 2.45) is 5.10 Å². The van der Waals surface area contributed by atoms with Crippen LogP contribution in [-0.4, -0.2) is 24.3 Å². The Labute approximate surface area is 228 Å². The van der Waals surface area contributed by atoms with E-state index in [9.17, 15) is 9.90 Å². The topological polar surface area (TPSA) is 80.2 Å². The van der Waals surface area contributed by atoms with Crippen molar-refractivity contribution in [1.82, 2.24) is 5.43 Å². The number of hydrazone groups is 1. The first-order valence-corrected chi connectivity index (χ1v) is 12.5. The first-order chi connectivity index (χ1) is 17.9. The summed E-state index contributed by atoms with van der Waals surface area (Å²) >= 11 is 9.75. The Kier molecular flexibility index (Phi) is 8.61. The van der Waals surface area contributed by atoms with Crippen LogP contribution in [0.5, 0.6) is 11.5 Å². The van der Waals surface area contributed by atoms with Crippen molar-refractivity contribution in [3.8, 4) is 11.5 Å². The molecule has 0 heterocycles. The summed E-state index contributed by atoms with van der Waals surface area (Å²) in [5.74, 6) is 0.289. The fourth-order valence-corrected chi connectivity index (χ4v) is 4.52. The largest absolute Gasteiger partial charge is 0.493 e. The van der Waals surface area contributed by atoms with Crippen LogP contribution < -0.4 is 14.9 Å². The lowest BCUT2D eigenvalue weighted by atomic mass is 9.85. The van der Waals surface area contributed by atoms with Crippen LogP contribution in [0.1, 0.15) is 22.3 Å². The molecule has 4 aromatic rings. The number of halogens is 2. The van der Waals surface area contributed by atoms with Gasteiger partial charge in [-0.25, -0.2) is 5.43 Å². The van der Waals surface area contributed by atoms with Gasteiger partial charge in [0.25, 0.3) is 5.91 Å². The van der Waals surface area contributed by atoms with Crippen LogP contribution in [-0.2, 0) is 17.0 Å². The summed E-state index contributed by atoms with van der Waals surface area (Å²) in [6.07, 6.45) is 1.46. The Bertz CT molecular complexity index is 1360. The van der Waals surface area contributed by atoms with Gasteiger partial charge in [0.2, 0.25) is 0 Å². The number of carbonyl (C=O) groups excluding carboxylic acids is 1. The van der Waals surface area contributed by atoms with E-state index in [0.717, 1.165) is 5.56 Å². The number of amides is 1. The van der Waals surface area contributed by atoms with Gasteiger partial charge in [-0.05, 0) is 50.8 Å². The maximum absolute atomic E-state index is 13.2. The molecule has 0 atom stereocenters. The van der Waals surface area contributed by atoms with Crippen LogP contribution in [0.2, 0.25) is 5.02 Å². The molecule has 2 N–H and O–H groups in total. The zero-order valence-corrected chi connectivity index (χ0v) is 22.2. The van der Waals surface area contributed by atoms with E-state index < -0.39 is 11.5 Å². The summed E-state index contributed by atoms with van der Waals surface area (Å²) in [5, 5.41) is 16.2. The molecule has 8 heteroatoms. The minimum atomic E-state index is -1.92. The highest BCUT2D eigenvalue weighted by Gasteiger charge is 2.39. The predicted molar refractivity (Wildman–Crippen MR) is 148 cm³/mol. The van der Waals surface area contributed by atoms with E-state index in [1.165, 1.54) is 13.3 Å². The Balaban J connectivity index is 1.53. The molecule has 4 rings (SSSR count). The minimum absolute atomic E-state index is 0.260. The van der Waals surface area contributed by atoms with Crippen molar-refractivity contribution in [3.63, 3.8) is 0 Å². The van der Waals surface area contributed by atoms with E-state index in [1.54, 1.807) is 66.7 Å². The number of methoxy groups -OCH3 is 1. The van der Waals surface area contributed by atoms with Crippen LogP contribution in [0.25, 0.3) is 0 Å². The van der Waals surface area contributed by atoms with Gasteiger partial charge in [-0.3, -0.25) is 4.79 Å². The van der Waals surface area contributed by atoms with Gasteiger partial charge in [-0.2, -0.15) is 5.10 Å². The minimum Gasteiger partial charge on any atom is -0.493 e. The fourth-order valence-electron chi connectivity index (χ4n) is 3.75. The number of ether oxygens (including phenoxy) is 2. The van der Waals surface area contributed by atoms with Gasteiger partial charge in [0.05, 0.1) is 17.8 Å². The van der Waals surface area contributed by atoms with Crippen molar-refractivity contribution >= 4 is 39.7 Å².